The summed E-state index contributed by atoms with van der Waals surface area (Å²) in [4.78, 5) is 19.1. The van der Waals surface area contributed by atoms with Gasteiger partial charge in [0.1, 0.15) is 11.5 Å². The van der Waals surface area contributed by atoms with Gasteiger partial charge >= 0.3 is 6.03 Å². The predicted octanol–water partition coefficient (Wildman–Crippen LogP) is 2.63. The molecule has 1 aromatic rings. The summed E-state index contributed by atoms with van der Waals surface area (Å²) in [6.45, 7) is 4.67. The van der Waals surface area contributed by atoms with Crippen LogP contribution in [0.1, 0.15) is 19.4 Å². The largest absolute Gasteiger partial charge is 0.390 e. The van der Waals surface area contributed by atoms with E-state index in [1.165, 1.54) is 6.07 Å². The number of hydrogen-bond acceptors (Lipinski definition) is 3. The zero-order valence-electron chi connectivity index (χ0n) is 12.3. The summed E-state index contributed by atoms with van der Waals surface area (Å²) in [5.74, 6) is -0.590. The van der Waals surface area contributed by atoms with Gasteiger partial charge in [-0.15, -0.1) is 0 Å². The second-order valence-corrected chi connectivity index (χ2v) is 6.24. The third-order valence-corrected chi connectivity index (χ3v) is 4.14. The number of amides is 2. The fourth-order valence-electron chi connectivity index (χ4n) is 2.81. The van der Waals surface area contributed by atoms with Gasteiger partial charge in [-0.3, -0.25) is 0 Å². The number of carbonyl (C=O) groups excluding carboxylic acids is 1. The van der Waals surface area contributed by atoms with E-state index < -0.39 is 5.82 Å². The van der Waals surface area contributed by atoms with E-state index in [2.05, 4.69) is 10.5 Å². The third kappa shape index (κ3) is 2.63. The highest BCUT2D eigenvalue weighted by atomic mass is 35.5. The average molecular weight is 326 g/mol. The molecule has 0 spiro atoms. The Morgan fingerprint density at radius 1 is 1.50 bits per heavy atom. The quantitative estimate of drug-likeness (QED) is 0.908. The molecule has 0 radical (unpaired) electrons. The van der Waals surface area contributed by atoms with Crippen LogP contribution in [0.4, 0.5) is 9.18 Å². The molecule has 2 unspecified atom stereocenters. The van der Waals surface area contributed by atoms with Crippen LogP contribution in [0.25, 0.3) is 0 Å². The maximum atomic E-state index is 14.1. The maximum absolute atomic E-state index is 14.1. The SMILES string of the molecule is CC(C)NC(=O)N1CC2ON=C(c3c(F)cccc3Cl)C2C1. The van der Waals surface area contributed by atoms with Gasteiger partial charge < -0.3 is 15.1 Å². The minimum absolute atomic E-state index is 0.0583. The minimum atomic E-state index is -0.430. The Morgan fingerprint density at radius 2 is 2.27 bits per heavy atom. The predicted molar refractivity (Wildman–Crippen MR) is 81.6 cm³/mol. The number of hydrogen-bond donors (Lipinski definition) is 1. The Morgan fingerprint density at radius 3 is 2.95 bits per heavy atom. The number of likely N-dealkylation sites (tertiary alicyclic amines) is 1. The van der Waals surface area contributed by atoms with Gasteiger partial charge in [0.15, 0.2) is 6.10 Å². The summed E-state index contributed by atoms with van der Waals surface area (Å²) in [7, 11) is 0. The Labute approximate surface area is 133 Å². The molecule has 0 aromatic heterocycles. The first kappa shape index (κ1) is 15.1. The summed E-state index contributed by atoms with van der Waals surface area (Å²) in [5, 5.41) is 7.14. The van der Waals surface area contributed by atoms with Crippen LogP contribution in [-0.2, 0) is 4.84 Å². The first-order chi connectivity index (χ1) is 10.5. The van der Waals surface area contributed by atoms with Crippen LogP contribution in [0.5, 0.6) is 0 Å². The van der Waals surface area contributed by atoms with Gasteiger partial charge in [0, 0.05) is 12.6 Å². The van der Waals surface area contributed by atoms with Crippen molar-refractivity contribution in [3.05, 3.63) is 34.6 Å². The zero-order valence-corrected chi connectivity index (χ0v) is 13.1. The Balaban J connectivity index is 1.80. The lowest BCUT2D eigenvalue weighted by atomic mass is 9.94. The number of fused-ring (bicyclic) bond motifs is 1. The summed E-state index contributed by atoms with van der Waals surface area (Å²) < 4.78 is 14.1. The van der Waals surface area contributed by atoms with Crippen molar-refractivity contribution in [2.24, 2.45) is 11.1 Å². The standard InChI is InChI=1S/C15H17ClFN3O2/c1-8(2)18-15(21)20-6-9-12(7-20)22-19-14(9)13-10(16)4-3-5-11(13)17/h3-5,8-9,12H,6-7H2,1-2H3,(H,18,21). The zero-order chi connectivity index (χ0) is 15.9. The van der Waals surface area contributed by atoms with Crippen LogP contribution in [0.2, 0.25) is 5.02 Å². The molecule has 2 atom stereocenters. The number of nitrogens with zero attached hydrogens (tertiary/aromatic N) is 2. The summed E-state index contributed by atoms with van der Waals surface area (Å²) >= 11 is 6.10. The van der Waals surface area contributed by atoms with Crippen LogP contribution in [0, 0.1) is 11.7 Å². The van der Waals surface area contributed by atoms with Crippen molar-refractivity contribution in [2.75, 3.05) is 13.1 Å². The topological polar surface area (TPSA) is 53.9 Å². The molecule has 1 fully saturated rings. The molecule has 2 aliphatic heterocycles. The number of halogens is 2. The van der Waals surface area contributed by atoms with Crippen molar-refractivity contribution in [3.8, 4) is 0 Å². The molecule has 0 saturated carbocycles. The van der Waals surface area contributed by atoms with E-state index in [0.29, 0.717) is 23.8 Å². The van der Waals surface area contributed by atoms with Crippen LogP contribution in [0.3, 0.4) is 0 Å². The number of oxime groups is 1. The monoisotopic (exact) mass is 325 g/mol. The van der Waals surface area contributed by atoms with Crippen molar-refractivity contribution >= 4 is 23.3 Å². The van der Waals surface area contributed by atoms with Crippen molar-refractivity contribution in [3.63, 3.8) is 0 Å². The van der Waals surface area contributed by atoms with Crippen molar-refractivity contribution in [1.82, 2.24) is 10.2 Å². The lowest BCUT2D eigenvalue weighted by Crippen LogP contribution is -2.42. The molecule has 2 amide bonds. The molecule has 1 aromatic carbocycles. The number of benzene rings is 1. The Bertz CT molecular complexity index is 615. The highest BCUT2D eigenvalue weighted by Gasteiger charge is 2.45. The van der Waals surface area contributed by atoms with Gasteiger partial charge in [-0.05, 0) is 26.0 Å². The number of nitrogens with one attached hydrogen (secondary N) is 1. The Kier molecular flexibility index (Phi) is 3.95. The lowest BCUT2D eigenvalue weighted by Gasteiger charge is -2.19. The molecule has 22 heavy (non-hydrogen) atoms. The lowest BCUT2D eigenvalue weighted by molar-refractivity contribution is 0.0773. The second-order valence-electron chi connectivity index (χ2n) is 5.83. The van der Waals surface area contributed by atoms with E-state index in [4.69, 9.17) is 16.4 Å². The normalized spacial score (nSPS) is 23.3. The fourth-order valence-corrected chi connectivity index (χ4v) is 3.07. The van der Waals surface area contributed by atoms with Crippen LogP contribution < -0.4 is 5.32 Å². The fraction of sp³-hybridized carbons (Fsp3) is 0.467. The van der Waals surface area contributed by atoms with E-state index in [1.807, 2.05) is 13.8 Å². The van der Waals surface area contributed by atoms with E-state index >= 15 is 0 Å². The summed E-state index contributed by atoms with van der Waals surface area (Å²) in [6, 6.07) is 4.42. The van der Waals surface area contributed by atoms with E-state index in [9.17, 15) is 9.18 Å². The van der Waals surface area contributed by atoms with Crippen molar-refractivity contribution in [1.29, 1.82) is 0 Å². The minimum Gasteiger partial charge on any atom is -0.390 e. The van der Waals surface area contributed by atoms with Gasteiger partial charge in [0.05, 0.1) is 23.0 Å². The average Bonchev–Trinajstić information content (AvgIpc) is 2.99. The Hall–Kier alpha value is -1.82. The molecular weight excluding hydrogens is 309 g/mol. The second kappa shape index (κ2) is 5.76. The smallest absolute Gasteiger partial charge is 0.317 e. The number of urea groups is 1. The van der Waals surface area contributed by atoms with Gasteiger partial charge in [0.2, 0.25) is 0 Å². The molecule has 2 aliphatic rings. The summed E-state index contributed by atoms with van der Waals surface area (Å²) in [5.41, 5.74) is 0.746. The first-order valence-corrected chi connectivity index (χ1v) is 7.58. The maximum Gasteiger partial charge on any atom is 0.317 e. The van der Waals surface area contributed by atoms with Crippen molar-refractivity contribution in [2.45, 2.75) is 26.0 Å². The van der Waals surface area contributed by atoms with Crippen LogP contribution >= 0.6 is 11.6 Å². The van der Waals surface area contributed by atoms with Gasteiger partial charge in [-0.25, -0.2) is 9.18 Å². The molecular formula is C15H17ClFN3O2. The number of carbonyl (C=O) groups is 1. The third-order valence-electron chi connectivity index (χ3n) is 3.82. The molecule has 5 nitrogen and oxygen atoms in total. The van der Waals surface area contributed by atoms with Gasteiger partial charge in [-0.1, -0.05) is 22.8 Å². The molecule has 1 N–H and O–H groups in total. The highest BCUT2D eigenvalue weighted by molar-refractivity contribution is 6.34. The molecule has 7 heteroatoms. The molecule has 118 valence electrons. The van der Waals surface area contributed by atoms with E-state index in [0.717, 1.165) is 0 Å². The van der Waals surface area contributed by atoms with Gasteiger partial charge in [0.25, 0.3) is 0 Å². The molecule has 1 saturated heterocycles. The number of rotatable bonds is 2. The van der Waals surface area contributed by atoms with Crippen LogP contribution in [-0.4, -0.2) is 41.9 Å². The summed E-state index contributed by atoms with van der Waals surface area (Å²) in [6.07, 6.45) is -0.247. The van der Waals surface area contributed by atoms with Crippen LogP contribution in [0.15, 0.2) is 23.4 Å². The molecule has 3 rings (SSSR count). The van der Waals surface area contributed by atoms with Gasteiger partial charge in [-0.2, -0.15) is 0 Å². The van der Waals surface area contributed by atoms with E-state index in [1.54, 1.807) is 17.0 Å². The van der Waals surface area contributed by atoms with Crippen molar-refractivity contribution < 1.29 is 14.0 Å². The van der Waals surface area contributed by atoms with E-state index in [-0.39, 0.29) is 29.7 Å². The molecule has 0 aliphatic carbocycles. The first-order valence-electron chi connectivity index (χ1n) is 7.21. The molecule has 0 bridgehead atoms. The highest BCUT2D eigenvalue weighted by Crippen LogP contribution is 2.33. The molecule has 2 heterocycles.